The molecule has 2 amide bonds. The smallest absolute Gasteiger partial charge is 0.319 e. The molecule has 0 aromatic rings. The third kappa shape index (κ3) is 15.2. The van der Waals surface area contributed by atoms with Crippen molar-refractivity contribution in [2.75, 3.05) is 33.8 Å². The van der Waals surface area contributed by atoms with Gasteiger partial charge in [0.1, 0.15) is 0 Å². The summed E-state index contributed by atoms with van der Waals surface area (Å²) in [5.41, 5.74) is 0. The summed E-state index contributed by atoms with van der Waals surface area (Å²) in [7, 11) is 3.80. The Bertz CT molecular complexity index is 348. The summed E-state index contributed by atoms with van der Waals surface area (Å²) in [5.74, 6) is 0. The Morgan fingerprint density at radius 3 is 1.88 bits per heavy atom. The zero-order valence-electron chi connectivity index (χ0n) is 17.4. The Morgan fingerprint density at radius 2 is 1.31 bits per heavy atom. The molecule has 0 aliphatic carbocycles. The van der Waals surface area contributed by atoms with Gasteiger partial charge in [0.25, 0.3) is 0 Å². The molecule has 0 aliphatic heterocycles. The second-order valence-corrected chi connectivity index (χ2v) is 7.19. The standard InChI is InChI=1S/C21H42N2O3/c1-4-5-15-18-22(2)21(24)23(3)19-16-13-11-9-7-6-8-10-12-14-17-20-26-25/h7,9,25H,4-6,8,10-20H2,1-3H3/b9-7-. The number of unbranched alkanes of at least 4 members (excludes halogenated alkanes) is 9. The molecule has 0 heterocycles. The van der Waals surface area contributed by atoms with Crippen LogP contribution >= 0.6 is 0 Å². The number of hydrogen-bond donors (Lipinski definition) is 1. The van der Waals surface area contributed by atoms with E-state index in [1.165, 1.54) is 32.1 Å². The SMILES string of the molecule is CCCCCN(C)C(=O)N(C)CCCC/C=C\CCCCCCCOO. The van der Waals surface area contributed by atoms with E-state index in [1.807, 2.05) is 23.9 Å². The van der Waals surface area contributed by atoms with Crippen molar-refractivity contribution in [1.82, 2.24) is 9.80 Å². The van der Waals surface area contributed by atoms with Gasteiger partial charge in [-0.05, 0) is 44.9 Å². The number of allylic oxidation sites excluding steroid dienone is 2. The molecule has 0 fully saturated rings. The van der Waals surface area contributed by atoms with E-state index in [0.29, 0.717) is 6.61 Å². The van der Waals surface area contributed by atoms with Crippen LogP contribution in [-0.4, -0.2) is 54.9 Å². The van der Waals surface area contributed by atoms with Crippen LogP contribution in [0.15, 0.2) is 12.2 Å². The van der Waals surface area contributed by atoms with E-state index < -0.39 is 0 Å². The van der Waals surface area contributed by atoms with Crippen molar-refractivity contribution in [3.05, 3.63) is 12.2 Å². The van der Waals surface area contributed by atoms with Gasteiger partial charge in [-0.15, -0.1) is 0 Å². The van der Waals surface area contributed by atoms with Crippen LogP contribution in [0.25, 0.3) is 0 Å². The molecule has 0 atom stereocenters. The van der Waals surface area contributed by atoms with E-state index in [4.69, 9.17) is 5.26 Å². The number of urea groups is 1. The maximum Gasteiger partial charge on any atom is 0.319 e. The van der Waals surface area contributed by atoms with Gasteiger partial charge in [0, 0.05) is 27.2 Å². The van der Waals surface area contributed by atoms with Crippen molar-refractivity contribution in [3.63, 3.8) is 0 Å². The Balaban J connectivity index is 3.51. The van der Waals surface area contributed by atoms with Gasteiger partial charge in [-0.2, -0.15) is 0 Å². The van der Waals surface area contributed by atoms with Gasteiger partial charge in [-0.25, -0.2) is 9.68 Å². The lowest BCUT2D eigenvalue weighted by atomic mass is 10.1. The molecule has 0 aliphatic rings. The van der Waals surface area contributed by atoms with Crippen molar-refractivity contribution in [3.8, 4) is 0 Å². The molecule has 1 N–H and O–H groups in total. The highest BCUT2D eigenvalue weighted by Crippen LogP contribution is 2.07. The van der Waals surface area contributed by atoms with Crippen molar-refractivity contribution in [2.24, 2.45) is 0 Å². The Morgan fingerprint density at radius 1 is 0.808 bits per heavy atom. The molecule has 0 bridgehead atoms. The van der Waals surface area contributed by atoms with Crippen LogP contribution in [0.2, 0.25) is 0 Å². The lowest BCUT2D eigenvalue weighted by molar-refractivity contribution is -0.242. The molecule has 0 rings (SSSR count). The first-order chi connectivity index (χ1) is 12.6. The third-order valence-corrected chi connectivity index (χ3v) is 4.64. The fourth-order valence-corrected chi connectivity index (χ4v) is 2.89. The number of carbonyl (C=O) groups excluding carboxylic acids is 1. The molecule has 5 heteroatoms. The number of carbonyl (C=O) groups is 1. The second-order valence-electron chi connectivity index (χ2n) is 7.19. The predicted octanol–water partition coefficient (Wildman–Crippen LogP) is 5.72. The zero-order chi connectivity index (χ0) is 19.5. The van der Waals surface area contributed by atoms with Gasteiger partial charge in [0.15, 0.2) is 0 Å². The molecule has 0 radical (unpaired) electrons. The summed E-state index contributed by atoms with van der Waals surface area (Å²) in [6.45, 7) is 4.33. The van der Waals surface area contributed by atoms with Gasteiger partial charge >= 0.3 is 6.03 Å². The quantitative estimate of drug-likeness (QED) is 0.154. The van der Waals surface area contributed by atoms with Gasteiger partial charge in [-0.1, -0.05) is 51.2 Å². The number of rotatable bonds is 17. The highest BCUT2D eigenvalue weighted by molar-refractivity contribution is 5.73. The van der Waals surface area contributed by atoms with Gasteiger partial charge < -0.3 is 9.80 Å². The normalized spacial score (nSPS) is 11.2. The first kappa shape index (κ1) is 24.9. The minimum absolute atomic E-state index is 0.141. The number of nitrogens with zero attached hydrogens (tertiary/aromatic N) is 2. The molecule has 0 aromatic heterocycles. The maximum atomic E-state index is 12.2. The van der Waals surface area contributed by atoms with E-state index >= 15 is 0 Å². The molecule has 26 heavy (non-hydrogen) atoms. The summed E-state index contributed by atoms with van der Waals surface area (Å²) in [4.78, 5) is 19.9. The number of hydrogen-bond acceptors (Lipinski definition) is 3. The maximum absolute atomic E-state index is 12.2. The molecule has 0 aromatic carbocycles. The van der Waals surface area contributed by atoms with Crippen LogP contribution in [-0.2, 0) is 4.89 Å². The molecule has 0 unspecified atom stereocenters. The number of amides is 2. The van der Waals surface area contributed by atoms with E-state index in [2.05, 4.69) is 24.0 Å². The predicted molar refractivity (Wildman–Crippen MR) is 109 cm³/mol. The van der Waals surface area contributed by atoms with Crippen molar-refractivity contribution >= 4 is 6.03 Å². The topological polar surface area (TPSA) is 53.0 Å². The van der Waals surface area contributed by atoms with Crippen molar-refractivity contribution in [1.29, 1.82) is 0 Å². The molecule has 0 saturated heterocycles. The van der Waals surface area contributed by atoms with Crippen molar-refractivity contribution < 1.29 is 14.9 Å². The minimum atomic E-state index is 0.141. The Kier molecular flexibility index (Phi) is 17.9. The van der Waals surface area contributed by atoms with Crippen LogP contribution in [0, 0.1) is 0 Å². The van der Waals surface area contributed by atoms with Gasteiger partial charge in [0.2, 0.25) is 0 Å². The van der Waals surface area contributed by atoms with Crippen LogP contribution in [0.4, 0.5) is 4.79 Å². The summed E-state index contributed by atoms with van der Waals surface area (Å²) in [6, 6.07) is 0.141. The zero-order valence-corrected chi connectivity index (χ0v) is 17.4. The fourth-order valence-electron chi connectivity index (χ4n) is 2.89. The van der Waals surface area contributed by atoms with E-state index in [9.17, 15) is 4.79 Å². The van der Waals surface area contributed by atoms with Crippen LogP contribution < -0.4 is 0 Å². The average Bonchev–Trinajstić information content (AvgIpc) is 2.64. The van der Waals surface area contributed by atoms with E-state index in [-0.39, 0.29) is 6.03 Å². The summed E-state index contributed by atoms with van der Waals surface area (Å²) in [6.07, 6.45) is 18.2. The molecule has 5 nitrogen and oxygen atoms in total. The van der Waals surface area contributed by atoms with Gasteiger partial charge in [0.05, 0.1) is 6.61 Å². The lowest BCUT2D eigenvalue weighted by Crippen LogP contribution is -2.39. The highest BCUT2D eigenvalue weighted by atomic mass is 17.1. The summed E-state index contributed by atoms with van der Waals surface area (Å²) < 4.78 is 0. The molecular weight excluding hydrogens is 328 g/mol. The summed E-state index contributed by atoms with van der Waals surface area (Å²) in [5, 5.41) is 8.22. The van der Waals surface area contributed by atoms with E-state index in [0.717, 1.165) is 58.0 Å². The van der Waals surface area contributed by atoms with Crippen LogP contribution in [0.3, 0.4) is 0 Å². The average molecular weight is 371 g/mol. The molecule has 0 spiro atoms. The Hall–Kier alpha value is -1.07. The summed E-state index contributed by atoms with van der Waals surface area (Å²) >= 11 is 0. The molecule has 0 saturated carbocycles. The highest BCUT2D eigenvalue weighted by Gasteiger charge is 2.12. The first-order valence-corrected chi connectivity index (χ1v) is 10.5. The van der Waals surface area contributed by atoms with Crippen LogP contribution in [0.1, 0.15) is 84.0 Å². The molecule has 154 valence electrons. The van der Waals surface area contributed by atoms with Crippen LogP contribution in [0.5, 0.6) is 0 Å². The minimum Gasteiger partial charge on any atom is -0.328 e. The molecular formula is C21H42N2O3. The second kappa shape index (κ2) is 18.7. The first-order valence-electron chi connectivity index (χ1n) is 10.5. The Labute approximate surface area is 161 Å². The largest absolute Gasteiger partial charge is 0.328 e. The van der Waals surface area contributed by atoms with E-state index in [1.54, 1.807) is 0 Å². The monoisotopic (exact) mass is 370 g/mol. The third-order valence-electron chi connectivity index (χ3n) is 4.64. The fraction of sp³-hybridized carbons (Fsp3) is 0.857. The van der Waals surface area contributed by atoms with Crippen molar-refractivity contribution in [2.45, 2.75) is 84.0 Å². The van der Waals surface area contributed by atoms with Gasteiger partial charge in [-0.3, -0.25) is 5.26 Å². The lowest BCUT2D eigenvalue weighted by Gasteiger charge is -2.24.